The molecule has 0 unspecified atom stereocenters. The maximum Gasteiger partial charge on any atom is 0.0466 e. The summed E-state index contributed by atoms with van der Waals surface area (Å²) in [5.41, 5.74) is 0. The van der Waals surface area contributed by atoms with E-state index in [0.29, 0.717) is 0 Å². The van der Waals surface area contributed by atoms with Gasteiger partial charge in [0.25, 0.3) is 0 Å². The molecule has 2 aromatic heterocycles. The lowest BCUT2D eigenvalue weighted by Gasteiger charge is -1.98. The minimum atomic E-state index is 1.00. The van der Waals surface area contributed by atoms with Crippen LogP contribution in [0.15, 0.2) is 40.4 Å². The summed E-state index contributed by atoms with van der Waals surface area (Å²) >= 11 is 3.60. The summed E-state index contributed by atoms with van der Waals surface area (Å²) in [6.07, 6.45) is 12.3. The molecule has 1 nitrogen and oxygen atoms in total. The lowest BCUT2D eigenvalue weighted by molar-refractivity contribution is 0.198. The third-order valence-corrected chi connectivity index (χ3v) is 5.17. The minimum absolute atomic E-state index is 1.00. The van der Waals surface area contributed by atoms with E-state index in [1.54, 1.807) is 16.2 Å². The molecule has 3 heteroatoms. The van der Waals surface area contributed by atoms with Crippen LogP contribution in [0.4, 0.5) is 0 Å². The van der Waals surface area contributed by atoms with E-state index in [-0.39, 0.29) is 0 Å². The molecule has 3 rings (SSSR count). The Labute approximate surface area is 150 Å². The largest absolute Gasteiger partial charge is 0.381 e. The highest BCUT2D eigenvalue weighted by Gasteiger charge is 1.95. The van der Waals surface area contributed by atoms with Crippen molar-refractivity contribution in [1.82, 2.24) is 0 Å². The average Bonchev–Trinajstić information content (AvgIpc) is 3.37. The molecule has 0 aromatic carbocycles. The molecule has 1 saturated heterocycles. The summed E-state index contributed by atoms with van der Waals surface area (Å²) in [4.78, 5) is 1.55. The van der Waals surface area contributed by atoms with Crippen molar-refractivity contribution in [3.63, 3.8) is 0 Å². The quantitative estimate of drug-likeness (QED) is 0.479. The summed E-state index contributed by atoms with van der Waals surface area (Å²) in [6.45, 7) is 4.27. The number of aryl methyl sites for hydroxylation is 1. The van der Waals surface area contributed by atoms with E-state index in [0.717, 1.165) is 13.2 Å². The SMILES string of the molecule is C1CCOC1.CCCCCCCCc1cccs1.c1ccsc1. The van der Waals surface area contributed by atoms with Gasteiger partial charge in [0.05, 0.1) is 0 Å². The molecule has 0 N–H and O–H groups in total. The van der Waals surface area contributed by atoms with E-state index in [4.69, 9.17) is 4.74 Å². The molecule has 0 atom stereocenters. The predicted octanol–water partition coefficient (Wildman–Crippen LogP) is 7.20. The lowest BCUT2D eigenvalue weighted by atomic mass is 10.1. The highest BCUT2D eigenvalue weighted by molar-refractivity contribution is 7.09. The number of ether oxygens (including phenoxy) is 1. The van der Waals surface area contributed by atoms with Crippen molar-refractivity contribution < 1.29 is 4.74 Å². The lowest BCUT2D eigenvalue weighted by Crippen LogP contribution is -1.82. The Morgan fingerprint density at radius 3 is 2.04 bits per heavy atom. The maximum absolute atomic E-state index is 4.94. The molecule has 3 heterocycles. The molecule has 0 radical (unpaired) electrons. The smallest absolute Gasteiger partial charge is 0.0466 e. The molecule has 2 aromatic rings. The van der Waals surface area contributed by atoms with E-state index < -0.39 is 0 Å². The molecule has 0 amide bonds. The fourth-order valence-corrected chi connectivity index (χ4v) is 3.48. The van der Waals surface area contributed by atoms with Gasteiger partial charge in [-0.15, -0.1) is 11.3 Å². The van der Waals surface area contributed by atoms with Gasteiger partial charge < -0.3 is 4.74 Å². The van der Waals surface area contributed by atoms with Crippen molar-refractivity contribution >= 4 is 22.7 Å². The van der Waals surface area contributed by atoms with Gasteiger partial charge in [-0.3, -0.25) is 0 Å². The Balaban J connectivity index is 0.000000213. The fraction of sp³-hybridized carbons (Fsp3) is 0.600. The summed E-state index contributed by atoms with van der Waals surface area (Å²) in [5, 5.41) is 6.26. The molecule has 0 saturated carbocycles. The van der Waals surface area contributed by atoms with Crippen LogP contribution in [-0.2, 0) is 11.2 Å². The van der Waals surface area contributed by atoms with Gasteiger partial charge in [0.2, 0.25) is 0 Å². The average molecular weight is 353 g/mol. The van der Waals surface area contributed by atoms with Gasteiger partial charge in [-0.25, -0.2) is 0 Å². The second-order valence-electron chi connectivity index (χ2n) is 5.71. The highest BCUT2D eigenvalue weighted by Crippen LogP contribution is 2.13. The Morgan fingerprint density at radius 1 is 0.870 bits per heavy atom. The van der Waals surface area contributed by atoms with E-state index in [1.165, 1.54) is 57.8 Å². The number of hydrogen-bond donors (Lipinski definition) is 0. The van der Waals surface area contributed by atoms with Gasteiger partial charge in [-0.2, -0.15) is 11.3 Å². The fourth-order valence-electron chi connectivity index (χ4n) is 2.27. The molecular formula is C20H32OS2. The van der Waals surface area contributed by atoms with Crippen molar-refractivity contribution in [3.8, 4) is 0 Å². The van der Waals surface area contributed by atoms with Crippen LogP contribution in [0.2, 0.25) is 0 Å². The molecule has 0 aliphatic carbocycles. The van der Waals surface area contributed by atoms with Crippen LogP contribution in [-0.4, -0.2) is 13.2 Å². The molecule has 23 heavy (non-hydrogen) atoms. The zero-order valence-electron chi connectivity index (χ0n) is 14.5. The molecule has 0 spiro atoms. The first-order chi connectivity index (χ1) is 11.4. The van der Waals surface area contributed by atoms with Gasteiger partial charge in [-0.05, 0) is 47.9 Å². The minimum Gasteiger partial charge on any atom is -0.381 e. The number of hydrogen-bond acceptors (Lipinski definition) is 3. The van der Waals surface area contributed by atoms with Crippen molar-refractivity contribution in [1.29, 1.82) is 0 Å². The topological polar surface area (TPSA) is 9.23 Å². The number of thiophene rings is 2. The molecule has 1 aliphatic rings. The summed E-state index contributed by atoms with van der Waals surface area (Å²) in [7, 11) is 0. The van der Waals surface area contributed by atoms with Crippen molar-refractivity contribution in [3.05, 3.63) is 45.3 Å². The van der Waals surface area contributed by atoms with Gasteiger partial charge in [0.1, 0.15) is 0 Å². The monoisotopic (exact) mass is 352 g/mol. The van der Waals surface area contributed by atoms with Crippen LogP contribution in [0.25, 0.3) is 0 Å². The maximum atomic E-state index is 4.94. The molecular weight excluding hydrogens is 320 g/mol. The van der Waals surface area contributed by atoms with Gasteiger partial charge in [0, 0.05) is 18.1 Å². The van der Waals surface area contributed by atoms with Gasteiger partial charge in [0.15, 0.2) is 0 Å². The third kappa shape index (κ3) is 13.5. The van der Waals surface area contributed by atoms with Crippen LogP contribution < -0.4 is 0 Å². The van der Waals surface area contributed by atoms with Crippen molar-refractivity contribution in [2.75, 3.05) is 13.2 Å². The van der Waals surface area contributed by atoms with Crippen LogP contribution >= 0.6 is 22.7 Å². The zero-order chi connectivity index (χ0) is 16.4. The molecule has 0 bridgehead atoms. The van der Waals surface area contributed by atoms with Crippen LogP contribution in [0.1, 0.15) is 63.2 Å². The first-order valence-electron chi connectivity index (χ1n) is 9.00. The first kappa shape index (κ1) is 20.4. The van der Waals surface area contributed by atoms with Gasteiger partial charge in [-0.1, -0.05) is 57.2 Å². The Hall–Kier alpha value is -0.640. The molecule has 130 valence electrons. The molecule has 1 aliphatic heterocycles. The standard InChI is InChI=1S/C12H20S.C4H8O.C4H4S/c1-2-3-4-5-6-7-9-12-10-8-11-13-12;2*1-2-4-5-3-1/h8,10-11H,2-7,9H2,1H3;1-4H2;1-4H. The Bertz CT molecular complexity index is 380. The van der Waals surface area contributed by atoms with Gasteiger partial charge >= 0.3 is 0 Å². The van der Waals surface area contributed by atoms with Crippen LogP contribution in [0.3, 0.4) is 0 Å². The predicted molar refractivity (Wildman–Crippen MR) is 106 cm³/mol. The molecule has 1 fully saturated rings. The normalized spacial score (nSPS) is 12.9. The summed E-state index contributed by atoms with van der Waals surface area (Å²) in [6, 6.07) is 8.43. The van der Waals surface area contributed by atoms with Crippen LogP contribution in [0.5, 0.6) is 0 Å². The van der Waals surface area contributed by atoms with Crippen molar-refractivity contribution in [2.24, 2.45) is 0 Å². The number of unbranched alkanes of at least 4 members (excludes halogenated alkanes) is 5. The van der Waals surface area contributed by atoms with E-state index in [1.807, 2.05) is 34.2 Å². The summed E-state index contributed by atoms with van der Waals surface area (Å²) < 4.78 is 4.94. The highest BCUT2D eigenvalue weighted by atomic mass is 32.1. The third-order valence-electron chi connectivity index (χ3n) is 3.61. The van der Waals surface area contributed by atoms with E-state index in [2.05, 4.69) is 24.4 Å². The second kappa shape index (κ2) is 16.2. The zero-order valence-corrected chi connectivity index (χ0v) is 16.2. The first-order valence-corrected chi connectivity index (χ1v) is 10.8. The van der Waals surface area contributed by atoms with Crippen molar-refractivity contribution in [2.45, 2.75) is 64.7 Å². The Kier molecular flexibility index (Phi) is 14.4. The Morgan fingerprint density at radius 2 is 1.57 bits per heavy atom. The van der Waals surface area contributed by atoms with E-state index >= 15 is 0 Å². The van der Waals surface area contributed by atoms with Crippen LogP contribution in [0, 0.1) is 0 Å². The van der Waals surface area contributed by atoms with E-state index in [9.17, 15) is 0 Å². The summed E-state index contributed by atoms with van der Waals surface area (Å²) in [5.74, 6) is 0. The second-order valence-corrected chi connectivity index (χ2v) is 7.56. The number of rotatable bonds is 7.